The molecule has 0 bridgehead atoms. The molecule has 0 saturated carbocycles. The number of ether oxygens (including phenoxy) is 3. The van der Waals surface area contributed by atoms with E-state index in [1.165, 1.54) is 0 Å². The Morgan fingerprint density at radius 2 is 1.91 bits per heavy atom. The summed E-state index contributed by atoms with van der Waals surface area (Å²) in [7, 11) is 0. The molecule has 0 unspecified atom stereocenters. The maximum atomic E-state index is 12.9. The van der Waals surface area contributed by atoms with Gasteiger partial charge in [-0.1, -0.05) is 6.07 Å². The molecular weight excluding hydrogens is 408 g/mol. The van der Waals surface area contributed by atoms with Gasteiger partial charge < -0.3 is 28.7 Å². The first kappa shape index (κ1) is 18.9. The van der Waals surface area contributed by atoms with Gasteiger partial charge in [0.05, 0.1) is 31.6 Å². The molecule has 8 heteroatoms. The lowest BCUT2D eigenvalue weighted by Crippen LogP contribution is -2.36. The number of H-pyrrole nitrogens is 1. The Balaban J connectivity index is 1.30. The van der Waals surface area contributed by atoms with Crippen molar-refractivity contribution < 1.29 is 14.2 Å². The van der Waals surface area contributed by atoms with Gasteiger partial charge in [-0.2, -0.15) is 0 Å². The van der Waals surface area contributed by atoms with E-state index in [0.29, 0.717) is 6.54 Å². The second kappa shape index (κ2) is 7.72. The first-order valence-corrected chi connectivity index (χ1v) is 10.6. The van der Waals surface area contributed by atoms with Crippen molar-refractivity contribution in [1.29, 1.82) is 0 Å². The van der Waals surface area contributed by atoms with Crippen molar-refractivity contribution in [3.8, 4) is 22.6 Å². The molecule has 0 aliphatic carbocycles. The van der Waals surface area contributed by atoms with Gasteiger partial charge in [-0.3, -0.25) is 4.79 Å². The zero-order valence-corrected chi connectivity index (χ0v) is 17.4. The van der Waals surface area contributed by atoms with Crippen LogP contribution in [0.25, 0.3) is 22.2 Å². The summed E-state index contributed by atoms with van der Waals surface area (Å²) in [5, 5.41) is 1.00. The van der Waals surface area contributed by atoms with Crippen LogP contribution in [0.15, 0.2) is 59.8 Å². The number of rotatable bonds is 4. The maximum Gasteiger partial charge on any atom is 0.251 e. The van der Waals surface area contributed by atoms with Crippen LogP contribution in [0.3, 0.4) is 0 Å². The lowest BCUT2D eigenvalue weighted by molar-refractivity contribution is 0.122. The number of hydrogen-bond donors (Lipinski definition) is 1. The zero-order chi connectivity index (χ0) is 21.5. The van der Waals surface area contributed by atoms with Gasteiger partial charge in [0.25, 0.3) is 5.56 Å². The first-order chi connectivity index (χ1) is 15.7. The molecule has 0 radical (unpaired) electrons. The van der Waals surface area contributed by atoms with Crippen LogP contribution in [-0.2, 0) is 11.3 Å². The van der Waals surface area contributed by atoms with E-state index in [4.69, 9.17) is 14.2 Å². The highest BCUT2D eigenvalue weighted by Crippen LogP contribution is 2.33. The van der Waals surface area contributed by atoms with Gasteiger partial charge >= 0.3 is 0 Å². The van der Waals surface area contributed by atoms with Gasteiger partial charge in [-0.25, -0.2) is 4.98 Å². The predicted octanol–water partition coefficient (Wildman–Crippen LogP) is 3.01. The molecule has 0 spiro atoms. The molecule has 2 aliphatic rings. The third kappa shape index (κ3) is 3.38. The van der Waals surface area contributed by atoms with Gasteiger partial charge in [-0.15, -0.1) is 0 Å². The quantitative estimate of drug-likeness (QED) is 0.536. The van der Waals surface area contributed by atoms with E-state index in [-0.39, 0.29) is 12.4 Å². The molecule has 8 nitrogen and oxygen atoms in total. The highest BCUT2D eigenvalue weighted by atomic mass is 16.7. The summed E-state index contributed by atoms with van der Waals surface area (Å²) in [5.74, 6) is 1.45. The van der Waals surface area contributed by atoms with Gasteiger partial charge in [-0.05, 0) is 35.4 Å². The van der Waals surface area contributed by atoms with E-state index in [1.54, 1.807) is 10.6 Å². The molecule has 162 valence electrons. The van der Waals surface area contributed by atoms with Crippen LogP contribution in [0.4, 0.5) is 5.69 Å². The number of pyridine rings is 2. The fourth-order valence-electron chi connectivity index (χ4n) is 4.27. The molecule has 1 aromatic carbocycles. The Hall–Kier alpha value is -3.78. The number of nitrogens with one attached hydrogen (secondary N) is 1. The minimum atomic E-state index is -0.0631. The second-order valence-electron chi connectivity index (χ2n) is 7.96. The number of morpholine rings is 1. The van der Waals surface area contributed by atoms with Crippen molar-refractivity contribution in [3.63, 3.8) is 0 Å². The SMILES string of the molecule is O=c1cc(-c2c[nH]c3ncc(N4CCOCC4)cc23)ccn1Cc1ccc2c(c1)OCO2. The van der Waals surface area contributed by atoms with Crippen molar-refractivity contribution in [3.05, 3.63) is 70.9 Å². The Morgan fingerprint density at radius 1 is 1.03 bits per heavy atom. The molecule has 4 aromatic rings. The van der Waals surface area contributed by atoms with E-state index < -0.39 is 0 Å². The van der Waals surface area contributed by atoms with Crippen molar-refractivity contribution in [2.45, 2.75) is 6.54 Å². The second-order valence-corrected chi connectivity index (χ2v) is 7.96. The zero-order valence-electron chi connectivity index (χ0n) is 17.4. The topological polar surface area (TPSA) is 81.6 Å². The first-order valence-electron chi connectivity index (χ1n) is 10.6. The summed E-state index contributed by atoms with van der Waals surface area (Å²) in [6.45, 7) is 3.84. The summed E-state index contributed by atoms with van der Waals surface area (Å²) < 4.78 is 17.9. The van der Waals surface area contributed by atoms with Crippen LogP contribution in [0.1, 0.15) is 5.56 Å². The highest BCUT2D eigenvalue weighted by Gasteiger charge is 2.16. The third-order valence-electron chi connectivity index (χ3n) is 5.99. The fraction of sp³-hybridized carbons (Fsp3) is 0.250. The van der Waals surface area contributed by atoms with Crippen molar-refractivity contribution in [1.82, 2.24) is 14.5 Å². The van der Waals surface area contributed by atoms with Crippen LogP contribution in [0, 0.1) is 0 Å². The van der Waals surface area contributed by atoms with E-state index in [9.17, 15) is 4.79 Å². The number of anilines is 1. The molecule has 1 saturated heterocycles. The highest BCUT2D eigenvalue weighted by molar-refractivity contribution is 5.95. The Morgan fingerprint density at radius 3 is 2.78 bits per heavy atom. The lowest BCUT2D eigenvalue weighted by Gasteiger charge is -2.28. The van der Waals surface area contributed by atoms with Gasteiger partial charge in [0.2, 0.25) is 6.79 Å². The molecule has 6 rings (SSSR count). The standard InChI is InChI=1S/C24H22N4O4/c29-23-10-17(3-4-28(23)14-16-1-2-21-22(9-16)32-15-31-21)20-13-26-24-19(20)11-18(12-25-24)27-5-7-30-8-6-27/h1-4,9-13H,5-8,14-15H2,(H,25,26). The molecular formula is C24H22N4O4. The smallest absolute Gasteiger partial charge is 0.251 e. The van der Waals surface area contributed by atoms with E-state index in [0.717, 1.165) is 71.2 Å². The Kier molecular flexibility index (Phi) is 4.57. The average Bonchev–Trinajstić information content (AvgIpc) is 3.47. The molecule has 1 N–H and O–H groups in total. The van der Waals surface area contributed by atoms with Crippen molar-refractivity contribution in [2.75, 3.05) is 38.0 Å². The molecule has 0 atom stereocenters. The predicted molar refractivity (Wildman–Crippen MR) is 120 cm³/mol. The number of nitrogens with zero attached hydrogens (tertiary/aromatic N) is 3. The minimum Gasteiger partial charge on any atom is -0.454 e. The summed E-state index contributed by atoms with van der Waals surface area (Å²) in [5.41, 5.74) is 4.63. The minimum absolute atomic E-state index is 0.0631. The molecule has 1 fully saturated rings. The number of fused-ring (bicyclic) bond motifs is 2. The Labute approximate surface area is 184 Å². The normalized spacial score (nSPS) is 15.4. The van der Waals surface area contributed by atoms with Crippen LogP contribution >= 0.6 is 0 Å². The van der Waals surface area contributed by atoms with E-state index >= 15 is 0 Å². The molecule has 2 aliphatic heterocycles. The number of benzene rings is 1. The third-order valence-corrected chi connectivity index (χ3v) is 5.99. The van der Waals surface area contributed by atoms with Gasteiger partial charge in [0, 0.05) is 42.5 Å². The van der Waals surface area contributed by atoms with E-state index in [2.05, 4.69) is 20.9 Å². The summed E-state index contributed by atoms with van der Waals surface area (Å²) in [6, 6.07) is 11.5. The molecule has 32 heavy (non-hydrogen) atoms. The lowest BCUT2D eigenvalue weighted by atomic mass is 10.1. The Bertz CT molecular complexity index is 1350. The average molecular weight is 430 g/mol. The summed E-state index contributed by atoms with van der Waals surface area (Å²) >= 11 is 0. The van der Waals surface area contributed by atoms with Crippen LogP contribution < -0.4 is 19.9 Å². The fourth-order valence-corrected chi connectivity index (χ4v) is 4.27. The maximum absolute atomic E-state index is 12.9. The molecule has 0 amide bonds. The number of aromatic nitrogens is 3. The van der Waals surface area contributed by atoms with Gasteiger partial charge in [0.15, 0.2) is 11.5 Å². The summed E-state index contributed by atoms with van der Waals surface area (Å²) in [6.07, 6.45) is 5.63. The summed E-state index contributed by atoms with van der Waals surface area (Å²) in [4.78, 5) is 23.0. The van der Waals surface area contributed by atoms with Crippen molar-refractivity contribution in [2.24, 2.45) is 0 Å². The van der Waals surface area contributed by atoms with Gasteiger partial charge in [0.1, 0.15) is 5.65 Å². The monoisotopic (exact) mass is 430 g/mol. The van der Waals surface area contributed by atoms with E-state index in [1.807, 2.05) is 42.9 Å². The number of hydrogen-bond acceptors (Lipinski definition) is 6. The molecule has 5 heterocycles. The van der Waals surface area contributed by atoms with Crippen LogP contribution in [-0.4, -0.2) is 47.6 Å². The van der Waals surface area contributed by atoms with Crippen molar-refractivity contribution >= 4 is 16.7 Å². The van der Waals surface area contributed by atoms with Crippen LogP contribution in [0.5, 0.6) is 11.5 Å². The largest absolute Gasteiger partial charge is 0.454 e. The number of aromatic amines is 1. The molecule has 3 aromatic heterocycles. The van der Waals surface area contributed by atoms with Crippen LogP contribution in [0.2, 0.25) is 0 Å².